The minimum atomic E-state index is -1.05. The fourth-order valence-electron chi connectivity index (χ4n) is 2.59. The molecule has 1 saturated carbocycles. The van der Waals surface area contributed by atoms with Gasteiger partial charge in [0.1, 0.15) is 5.75 Å². The van der Waals surface area contributed by atoms with E-state index in [1.165, 1.54) is 0 Å². The van der Waals surface area contributed by atoms with Gasteiger partial charge in [-0.05, 0) is 25.0 Å². The molecule has 0 atom stereocenters. The van der Waals surface area contributed by atoms with Crippen LogP contribution < -0.4 is 15.8 Å². The molecule has 1 amide bonds. The van der Waals surface area contributed by atoms with Crippen LogP contribution in [0.5, 0.6) is 5.75 Å². The lowest BCUT2D eigenvalue weighted by Crippen LogP contribution is -2.40. The van der Waals surface area contributed by atoms with Gasteiger partial charge >= 0.3 is 5.97 Å². The van der Waals surface area contributed by atoms with Gasteiger partial charge in [-0.3, -0.25) is 4.79 Å². The number of carbonyl (C=O) groups is 2. The van der Waals surface area contributed by atoms with E-state index in [1.54, 1.807) is 24.3 Å². The Kier molecular flexibility index (Phi) is 4.80. The minimum Gasteiger partial charge on any atom is -0.482 e. The first-order chi connectivity index (χ1) is 9.97. The zero-order valence-corrected chi connectivity index (χ0v) is 11.8. The Balaban J connectivity index is 1.91. The maximum Gasteiger partial charge on any atom is 0.341 e. The third-order valence-corrected chi connectivity index (χ3v) is 3.59. The second-order valence-corrected chi connectivity index (χ2v) is 5.50. The maximum absolute atomic E-state index is 12.0. The summed E-state index contributed by atoms with van der Waals surface area (Å²) >= 11 is 0. The number of rotatable bonds is 6. The summed E-state index contributed by atoms with van der Waals surface area (Å²) in [5.74, 6) is -0.774. The van der Waals surface area contributed by atoms with Gasteiger partial charge in [-0.25, -0.2) is 4.79 Å². The number of amides is 1. The fourth-order valence-corrected chi connectivity index (χ4v) is 2.59. The number of anilines is 1. The lowest BCUT2D eigenvalue weighted by Gasteiger charge is -2.22. The number of carboxylic acids is 1. The number of hydrogen-bond acceptors (Lipinski definition) is 4. The van der Waals surface area contributed by atoms with Crippen molar-refractivity contribution in [2.24, 2.45) is 5.73 Å². The van der Waals surface area contributed by atoms with E-state index in [9.17, 15) is 9.59 Å². The lowest BCUT2D eigenvalue weighted by atomic mass is 9.94. The summed E-state index contributed by atoms with van der Waals surface area (Å²) < 4.78 is 5.07. The summed E-state index contributed by atoms with van der Waals surface area (Å²) in [4.78, 5) is 22.5. The van der Waals surface area contributed by atoms with Crippen LogP contribution in [0.3, 0.4) is 0 Å². The molecule has 1 aliphatic carbocycles. The van der Waals surface area contributed by atoms with Crippen LogP contribution in [0.15, 0.2) is 24.3 Å². The van der Waals surface area contributed by atoms with Gasteiger partial charge in [0.2, 0.25) is 5.91 Å². The standard InChI is InChI=1S/C15H20N2O4/c16-15(6-1-2-7-15)9-13(18)17-11-4-3-5-12(8-11)21-10-14(19)20/h3-5,8H,1-2,6-7,9-10,16H2,(H,17,18)(H,19,20). The van der Waals surface area contributed by atoms with E-state index in [1.807, 2.05) is 0 Å². The summed E-state index contributed by atoms with van der Waals surface area (Å²) in [5, 5.41) is 11.3. The Morgan fingerprint density at radius 3 is 2.71 bits per heavy atom. The molecule has 0 radical (unpaired) electrons. The number of hydrogen-bond donors (Lipinski definition) is 3. The van der Waals surface area contributed by atoms with Crippen molar-refractivity contribution in [3.8, 4) is 5.75 Å². The molecule has 2 rings (SSSR count). The highest BCUT2D eigenvalue weighted by Gasteiger charge is 2.31. The smallest absolute Gasteiger partial charge is 0.341 e. The molecule has 1 aliphatic rings. The first-order valence-corrected chi connectivity index (χ1v) is 7.00. The first kappa shape index (κ1) is 15.3. The van der Waals surface area contributed by atoms with Crippen LogP contribution in [0.2, 0.25) is 0 Å². The highest BCUT2D eigenvalue weighted by molar-refractivity contribution is 5.91. The van der Waals surface area contributed by atoms with E-state index in [0.717, 1.165) is 25.7 Å². The number of benzene rings is 1. The van der Waals surface area contributed by atoms with E-state index in [4.69, 9.17) is 15.6 Å². The van der Waals surface area contributed by atoms with Gasteiger partial charge < -0.3 is 20.9 Å². The minimum absolute atomic E-state index is 0.130. The van der Waals surface area contributed by atoms with Gasteiger partial charge in [-0.2, -0.15) is 0 Å². The van der Waals surface area contributed by atoms with Gasteiger partial charge in [0.05, 0.1) is 0 Å². The molecule has 1 fully saturated rings. The molecule has 4 N–H and O–H groups in total. The Morgan fingerprint density at radius 1 is 1.33 bits per heavy atom. The Labute approximate surface area is 123 Å². The van der Waals surface area contributed by atoms with Crippen molar-refractivity contribution in [1.29, 1.82) is 0 Å². The SMILES string of the molecule is NC1(CC(=O)Nc2cccc(OCC(=O)O)c2)CCCC1. The number of nitrogens with two attached hydrogens (primary N) is 1. The average Bonchev–Trinajstić information content (AvgIpc) is 2.83. The monoisotopic (exact) mass is 292 g/mol. The predicted molar refractivity (Wildman–Crippen MR) is 78.2 cm³/mol. The molecule has 1 aromatic rings. The molecule has 0 bridgehead atoms. The second kappa shape index (κ2) is 6.58. The molecule has 0 heterocycles. The van der Waals surface area contributed by atoms with E-state index >= 15 is 0 Å². The fraction of sp³-hybridized carbons (Fsp3) is 0.467. The highest BCUT2D eigenvalue weighted by Crippen LogP contribution is 2.30. The molecule has 0 spiro atoms. The van der Waals surface area contributed by atoms with Crippen LogP contribution in [0.25, 0.3) is 0 Å². The molecule has 1 aromatic carbocycles. The topological polar surface area (TPSA) is 102 Å². The third kappa shape index (κ3) is 4.75. The molecule has 6 heteroatoms. The van der Waals surface area contributed by atoms with Crippen LogP contribution in [0, 0.1) is 0 Å². The first-order valence-electron chi connectivity index (χ1n) is 7.00. The summed E-state index contributed by atoms with van der Waals surface area (Å²) in [7, 11) is 0. The number of ether oxygens (including phenoxy) is 1. The summed E-state index contributed by atoms with van der Waals surface area (Å²) in [5.41, 5.74) is 6.36. The van der Waals surface area contributed by atoms with Crippen LogP contribution in [0.1, 0.15) is 32.1 Å². The average molecular weight is 292 g/mol. The van der Waals surface area contributed by atoms with Crippen molar-refractivity contribution in [3.05, 3.63) is 24.3 Å². The van der Waals surface area contributed by atoms with Crippen molar-refractivity contribution in [1.82, 2.24) is 0 Å². The van der Waals surface area contributed by atoms with Crippen LogP contribution in [-0.4, -0.2) is 29.1 Å². The molecule has 0 aromatic heterocycles. The maximum atomic E-state index is 12.0. The van der Waals surface area contributed by atoms with Gasteiger partial charge in [-0.15, -0.1) is 0 Å². The number of nitrogens with one attached hydrogen (secondary N) is 1. The van der Waals surface area contributed by atoms with Crippen LogP contribution in [-0.2, 0) is 9.59 Å². The van der Waals surface area contributed by atoms with Crippen molar-refractivity contribution < 1.29 is 19.4 Å². The summed E-state index contributed by atoms with van der Waals surface area (Å²) in [6.45, 7) is -0.413. The predicted octanol–water partition coefficient (Wildman–Crippen LogP) is 1.75. The summed E-state index contributed by atoms with van der Waals surface area (Å²) in [6.07, 6.45) is 4.20. The highest BCUT2D eigenvalue weighted by atomic mass is 16.5. The number of carbonyl (C=O) groups excluding carboxylic acids is 1. The largest absolute Gasteiger partial charge is 0.482 e. The van der Waals surface area contributed by atoms with Crippen molar-refractivity contribution in [3.63, 3.8) is 0 Å². The molecular formula is C15H20N2O4. The molecule has 0 unspecified atom stereocenters. The molecule has 0 aliphatic heterocycles. The molecule has 0 saturated heterocycles. The second-order valence-electron chi connectivity index (χ2n) is 5.50. The van der Waals surface area contributed by atoms with Gasteiger partial charge in [0.25, 0.3) is 0 Å². The van der Waals surface area contributed by atoms with Crippen molar-refractivity contribution >= 4 is 17.6 Å². The van der Waals surface area contributed by atoms with E-state index < -0.39 is 12.6 Å². The molecule has 114 valence electrons. The molecule has 6 nitrogen and oxygen atoms in total. The van der Waals surface area contributed by atoms with Crippen molar-refractivity contribution in [2.75, 3.05) is 11.9 Å². The van der Waals surface area contributed by atoms with Gasteiger partial charge in [-0.1, -0.05) is 18.9 Å². The Morgan fingerprint density at radius 2 is 2.05 bits per heavy atom. The molecule has 21 heavy (non-hydrogen) atoms. The number of carboxylic acid groups (broad SMARTS) is 1. The van der Waals surface area contributed by atoms with Crippen LogP contribution >= 0.6 is 0 Å². The van der Waals surface area contributed by atoms with E-state index in [-0.39, 0.29) is 11.4 Å². The Hall–Kier alpha value is -2.08. The quantitative estimate of drug-likeness (QED) is 0.741. The normalized spacial score (nSPS) is 16.4. The van der Waals surface area contributed by atoms with E-state index in [0.29, 0.717) is 17.9 Å². The zero-order valence-electron chi connectivity index (χ0n) is 11.8. The summed E-state index contributed by atoms with van der Waals surface area (Å²) in [6, 6.07) is 6.66. The van der Waals surface area contributed by atoms with E-state index in [2.05, 4.69) is 5.32 Å². The number of aliphatic carboxylic acids is 1. The lowest BCUT2D eigenvalue weighted by molar-refractivity contribution is -0.139. The van der Waals surface area contributed by atoms with Crippen molar-refractivity contribution in [2.45, 2.75) is 37.6 Å². The Bertz CT molecular complexity index is 524. The zero-order chi connectivity index (χ0) is 15.3. The molecular weight excluding hydrogens is 272 g/mol. The van der Waals surface area contributed by atoms with Gasteiger partial charge in [0.15, 0.2) is 6.61 Å². The van der Waals surface area contributed by atoms with Crippen LogP contribution in [0.4, 0.5) is 5.69 Å². The third-order valence-electron chi connectivity index (χ3n) is 3.59. The van der Waals surface area contributed by atoms with Gasteiger partial charge in [0, 0.05) is 23.7 Å².